The van der Waals surface area contributed by atoms with Crippen LogP contribution in [0.25, 0.3) is 0 Å². The van der Waals surface area contributed by atoms with Crippen LogP contribution in [-0.4, -0.2) is 69.4 Å². The second kappa shape index (κ2) is 57.2. The van der Waals surface area contributed by atoms with Crippen LogP contribution < -0.4 is 10.2 Å². The number of hydrogen-bond acceptors (Lipinski definition) is 7. The van der Waals surface area contributed by atoms with E-state index >= 15 is 0 Å². The van der Waals surface area contributed by atoms with Gasteiger partial charge in [-0.15, -0.1) is 0 Å². The lowest BCUT2D eigenvalue weighted by atomic mass is 10.0. The third-order valence-corrected chi connectivity index (χ3v) is 15.7. The predicted octanol–water partition coefficient (Wildman–Crippen LogP) is 19.8. The Morgan fingerprint density at radius 1 is 0.455 bits per heavy atom. The average Bonchev–Trinajstić information content (AvgIpc) is 3.39. The van der Waals surface area contributed by atoms with Crippen molar-refractivity contribution < 1.29 is 37.3 Å². The molecule has 0 heterocycles. The molecular weight excluding hydrogens is 976 g/mol. The van der Waals surface area contributed by atoms with Gasteiger partial charge in [0.05, 0.1) is 33.8 Å². The van der Waals surface area contributed by atoms with E-state index in [0.717, 1.165) is 77.0 Å². The molecule has 0 aromatic heterocycles. The number of amides is 1. The van der Waals surface area contributed by atoms with Gasteiger partial charge in [0.15, 0.2) is 0 Å². The molecule has 1 N–H and O–H groups in total. The van der Waals surface area contributed by atoms with Crippen molar-refractivity contribution >= 4 is 19.7 Å². The number of phosphoric acid groups is 1. The first-order chi connectivity index (χ1) is 37.4. The largest absolute Gasteiger partial charge is 0.756 e. The Hall–Kier alpha value is -2.03. The fraction of sp³-hybridized carbons (Fsp3) is 0.851. The summed E-state index contributed by atoms with van der Waals surface area (Å²) in [7, 11) is 1.19. The third kappa shape index (κ3) is 58.4. The molecule has 0 saturated carbocycles. The number of likely N-dealkylation sites (N-methyl/N-ethyl adjacent to an activating group) is 1. The number of ether oxygens (including phenoxy) is 1. The molecule has 0 rings (SSSR count). The highest BCUT2D eigenvalue weighted by molar-refractivity contribution is 7.45. The smallest absolute Gasteiger partial charge is 0.306 e. The molecule has 0 aliphatic carbocycles. The maximum atomic E-state index is 13.5. The van der Waals surface area contributed by atoms with E-state index < -0.39 is 20.0 Å². The summed E-state index contributed by atoms with van der Waals surface area (Å²) in [4.78, 5) is 40.0. The summed E-state index contributed by atoms with van der Waals surface area (Å²) < 4.78 is 30.3. The van der Waals surface area contributed by atoms with Crippen LogP contribution in [0.2, 0.25) is 0 Å². The lowest BCUT2D eigenvalue weighted by Crippen LogP contribution is -2.47. The van der Waals surface area contributed by atoms with E-state index in [9.17, 15) is 19.0 Å². The first-order valence-corrected chi connectivity index (χ1v) is 34.4. The van der Waals surface area contributed by atoms with E-state index in [4.69, 9.17) is 13.8 Å². The first-order valence-electron chi connectivity index (χ1n) is 32.9. The molecule has 452 valence electrons. The van der Waals surface area contributed by atoms with E-state index in [-0.39, 0.29) is 31.5 Å². The van der Waals surface area contributed by atoms with Gasteiger partial charge in [0.1, 0.15) is 19.3 Å². The molecule has 0 fully saturated rings. The molecule has 3 atom stereocenters. The van der Waals surface area contributed by atoms with Crippen molar-refractivity contribution in [2.24, 2.45) is 0 Å². The highest BCUT2D eigenvalue weighted by atomic mass is 31.2. The van der Waals surface area contributed by atoms with Crippen LogP contribution in [0.4, 0.5) is 0 Å². The summed E-state index contributed by atoms with van der Waals surface area (Å²) in [5.74, 6) is -0.537. The zero-order valence-electron chi connectivity index (χ0n) is 51.7. The number of hydrogen-bond donors (Lipinski definition) is 1. The fourth-order valence-electron chi connectivity index (χ4n) is 9.61. The van der Waals surface area contributed by atoms with Gasteiger partial charge >= 0.3 is 5.97 Å². The minimum atomic E-state index is -4.70. The molecular formula is C67H127N2O7P. The highest BCUT2D eigenvalue weighted by Gasteiger charge is 2.27. The van der Waals surface area contributed by atoms with Crippen LogP contribution in [0.1, 0.15) is 316 Å². The van der Waals surface area contributed by atoms with Gasteiger partial charge in [-0.2, -0.15) is 0 Å². The number of nitrogens with zero attached hydrogens (tertiary/aromatic N) is 1. The molecule has 0 spiro atoms. The number of carbonyl (C=O) groups excluding carboxylic acids is 2. The summed E-state index contributed by atoms with van der Waals surface area (Å²) in [6, 6.07) is -0.889. The van der Waals surface area contributed by atoms with Gasteiger partial charge in [-0.3, -0.25) is 14.2 Å². The zero-order valence-corrected chi connectivity index (χ0v) is 52.6. The predicted molar refractivity (Wildman–Crippen MR) is 330 cm³/mol. The standard InChI is InChI=1S/C67H127N2O7P/c1-7-10-13-16-19-22-25-27-29-31-32-33-34-35-36-38-40-42-45-48-51-54-57-60-67(71)76-65(58-55-52-49-46-43-24-21-18-15-12-9-3)64(63-75-77(72,73)74-62-61-69(4,5)6)68-66(70)59-56-53-50-47-44-41-39-37-30-28-26-23-20-17-14-11-8-2/h19,22,27-30,55,58,64-65H,7-18,20-21,23-26,31-54,56-57,59-63H2,1-6H3,(H-,68,70,72,73)/b22-19-,29-27-,30-28+,58-55-. The third-order valence-electron chi connectivity index (χ3n) is 14.7. The highest BCUT2D eigenvalue weighted by Crippen LogP contribution is 2.38. The van der Waals surface area contributed by atoms with Crippen molar-refractivity contribution in [1.82, 2.24) is 5.32 Å². The molecule has 0 radical (unpaired) electrons. The lowest BCUT2D eigenvalue weighted by Gasteiger charge is -2.30. The molecule has 10 heteroatoms. The number of quaternary nitrogens is 1. The summed E-state index contributed by atoms with van der Waals surface area (Å²) in [5, 5.41) is 3.03. The molecule has 0 saturated heterocycles. The van der Waals surface area contributed by atoms with Crippen molar-refractivity contribution in [2.75, 3.05) is 40.9 Å². The Morgan fingerprint density at radius 3 is 1.21 bits per heavy atom. The molecule has 0 bridgehead atoms. The fourth-order valence-corrected chi connectivity index (χ4v) is 10.3. The Morgan fingerprint density at radius 2 is 0.792 bits per heavy atom. The first kappa shape index (κ1) is 75.0. The summed E-state index contributed by atoms with van der Waals surface area (Å²) in [6.45, 7) is 6.84. The second-order valence-electron chi connectivity index (χ2n) is 23.6. The van der Waals surface area contributed by atoms with Gasteiger partial charge in [-0.25, -0.2) is 0 Å². The van der Waals surface area contributed by atoms with Gasteiger partial charge in [-0.05, 0) is 89.5 Å². The number of esters is 1. The van der Waals surface area contributed by atoms with Crippen LogP contribution in [0.15, 0.2) is 48.6 Å². The number of phosphoric ester groups is 1. The van der Waals surface area contributed by atoms with Crippen molar-refractivity contribution in [2.45, 2.75) is 328 Å². The van der Waals surface area contributed by atoms with Gasteiger partial charge < -0.3 is 28.5 Å². The second-order valence-corrected chi connectivity index (χ2v) is 25.0. The van der Waals surface area contributed by atoms with Crippen molar-refractivity contribution in [3.05, 3.63) is 48.6 Å². The van der Waals surface area contributed by atoms with Crippen LogP contribution in [0.3, 0.4) is 0 Å². The molecule has 0 aliphatic rings. The van der Waals surface area contributed by atoms with E-state index in [1.807, 2.05) is 33.3 Å². The number of unbranched alkanes of at least 4 members (excludes halogenated alkanes) is 38. The average molecular weight is 1100 g/mol. The SMILES string of the molecule is CCCCC/C=C\C/C=C\CCCCCCCCCCCCCCCC(=O)OC(/C=C\CCCCCCCCCCC)C(COP(=O)([O-])OCC[N+](C)(C)C)NC(=O)CCCCCCCCC/C=C/CCCCCCCC. The zero-order chi connectivity index (χ0) is 56.4. The quantitative estimate of drug-likeness (QED) is 0.0212. The Kier molecular flexibility index (Phi) is 55.7. The van der Waals surface area contributed by atoms with Crippen molar-refractivity contribution in [3.8, 4) is 0 Å². The molecule has 3 unspecified atom stereocenters. The minimum Gasteiger partial charge on any atom is -0.756 e. The number of allylic oxidation sites excluding steroid dienone is 7. The number of rotatable bonds is 60. The van der Waals surface area contributed by atoms with E-state index in [2.05, 4.69) is 62.5 Å². The topological polar surface area (TPSA) is 114 Å². The summed E-state index contributed by atoms with van der Waals surface area (Å²) in [6.07, 6.45) is 70.8. The monoisotopic (exact) mass is 1100 g/mol. The molecule has 0 aromatic carbocycles. The van der Waals surface area contributed by atoms with Crippen LogP contribution >= 0.6 is 7.82 Å². The van der Waals surface area contributed by atoms with Gasteiger partial charge in [-0.1, -0.05) is 262 Å². The summed E-state index contributed by atoms with van der Waals surface area (Å²) >= 11 is 0. The Bertz CT molecular complexity index is 1460. The van der Waals surface area contributed by atoms with Crippen LogP contribution in [-0.2, 0) is 27.9 Å². The Balaban J connectivity index is 5.10. The van der Waals surface area contributed by atoms with Gasteiger partial charge in [0.25, 0.3) is 7.82 Å². The molecule has 1 amide bonds. The summed E-state index contributed by atoms with van der Waals surface area (Å²) in [5.41, 5.74) is 0. The maximum absolute atomic E-state index is 13.5. The van der Waals surface area contributed by atoms with Gasteiger partial charge in [0, 0.05) is 12.8 Å². The van der Waals surface area contributed by atoms with Crippen molar-refractivity contribution in [3.63, 3.8) is 0 Å². The maximum Gasteiger partial charge on any atom is 0.306 e. The normalized spacial score (nSPS) is 13.9. The van der Waals surface area contributed by atoms with Gasteiger partial charge in [0.2, 0.25) is 5.91 Å². The molecule has 77 heavy (non-hydrogen) atoms. The van der Waals surface area contributed by atoms with Crippen LogP contribution in [0, 0.1) is 0 Å². The molecule has 0 aliphatic heterocycles. The lowest BCUT2D eigenvalue weighted by molar-refractivity contribution is -0.870. The number of nitrogens with one attached hydrogen (secondary N) is 1. The van der Waals surface area contributed by atoms with E-state index in [1.165, 1.54) is 205 Å². The van der Waals surface area contributed by atoms with E-state index in [0.29, 0.717) is 17.4 Å². The molecule has 0 aromatic rings. The van der Waals surface area contributed by atoms with E-state index in [1.54, 1.807) is 0 Å². The molecule has 9 nitrogen and oxygen atoms in total. The Labute approximate surface area is 478 Å². The van der Waals surface area contributed by atoms with Crippen LogP contribution in [0.5, 0.6) is 0 Å². The minimum absolute atomic E-state index is 0.0223. The van der Waals surface area contributed by atoms with Crippen molar-refractivity contribution in [1.29, 1.82) is 0 Å². The number of carbonyl (C=O) groups is 2.